The number of nitrogens with zero attached hydrogens (tertiary/aromatic N) is 1. The zero-order valence-corrected chi connectivity index (χ0v) is 9.98. The number of rotatable bonds is 6. The highest BCUT2D eigenvalue weighted by Gasteiger charge is 2.15. The summed E-state index contributed by atoms with van der Waals surface area (Å²) in [4.78, 5) is 2.41. The summed E-state index contributed by atoms with van der Waals surface area (Å²) in [6.45, 7) is 7.33. The zero-order valence-electron chi connectivity index (χ0n) is 9.17. The van der Waals surface area contributed by atoms with E-state index in [1.807, 2.05) is 17.8 Å². The highest BCUT2D eigenvalue weighted by Crippen LogP contribution is 2.07. The molecule has 0 aromatic heterocycles. The largest absolute Gasteiger partial charge is 0.312 e. The third-order valence-electron chi connectivity index (χ3n) is 2.54. The molecule has 82 valence electrons. The Morgan fingerprint density at radius 1 is 1.64 bits per heavy atom. The minimum Gasteiger partial charge on any atom is -0.312 e. The molecule has 0 bridgehead atoms. The fraction of sp³-hybridized carbons (Fsp3) is 0.818. The molecule has 0 saturated carbocycles. The molecule has 1 unspecified atom stereocenters. The quantitative estimate of drug-likeness (QED) is 0.534. The van der Waals surface area contributed by atoms with Crippen LogP contribution in [0.4, 0.5) is 0 Å². The highest BCUT2D eigenvalue weighted by molar-refractivity contribution is 7.99. The van der Waals surface area contributed by atoms with E-state index in [2.05, 4.69) is 23.8 Å². The van der Waals surface area contributed by atoms with Crippen molar-refractivity contribution >= 4 is 11.8 Å². The summed E-state index contributed by atoms with van der Waals surface area (Å²) in [5, 5.41) is 3.61. The van der Waals surface area contributed by atoms with E-state index in [1.54, 1.807) is 0 Å². The lowest BCUT2D eigenvalue weighted by Gasteiger charge is -2.30. The first kappa shape index (κ1) is 12.1. The van der Waals surface area contributed by atoms with E-state index in [0.717, 1.165) is 18.3 Å². The number of likely N-dealkylation sites (tertiary alicyclic amines) is 1. The third kappa shape index (κ3) is 5.03. The fourth-order valence-corrected chi connectivity index (χ4v) is 2.43. The monoisotopic (exact) mass is 214 g/mol. The van der Waals surface area contributed by atoms with Crippen LogP contribution in [-0.2, 0) is 0 Å². The lowest BCUT2D eigenvalue weighted by Crippen LogP contribution is -2.44. The molecule has 1 atom stereocenters. The summed E-state index contributed by atoms with van der Waals surface area (Å²) in [5.41, 5.74) is 0. The van der Waals surface area contributed by atoms with Gasteiger partial charge in [0.1, 0.15) is 0 Å². The second-order valence-electron chi connectivity index (χ2n) is 3.92. The molecule has 1 heterocycles. The number of likely N-dealkylation sites (N-methyl/N-ethyl adjacent to an activating group) is 1. The van der Waals surface area contributed by atoms with Gasteiger partial charge in [-0.25, -0.2) is 0 Å². The molecule has 1 fully saturated rings. The van der Waals surface area contributed by atoms with E-state index in [-0.39, 0.29) is 0 Å². The first-order chi connectivity index (χ1) is 6.83. The Hall–Kier alpha value is 0.01000. The van der Waals surface area contributed by atoms with Crippen molar-refractivity contribution in [3.63, 3.8) is 0 Å². The van der Waals surface area contributed by atoms with E-state index >= 15 is 0 Å². The lowest BCUT2D eigenvalue weighted by molar-refractivity contribution is 0.229. The van der Waals surface area contributed by atoms with Gasteiger partial charge >= 0.3 is 0 Å². The first-order valence-corrected chi connectivity index (χ1v) is 6.59. The van der Waals surface area contributed by atoms with Gasteiger partial charge in [0.2, 0.25) is 0 Å². The highest BCUT2D eigenvalue weighted by atomic mass is 32.2. The molecular formula is C11H22N2S. The second-order valence-corrected chi connectivity index (χ2v) is 5.07. The van der Waals surface area contributed by atoms with Crippen molar-refractivity contribution in [3.05, 3.63) is 12.7 Å². The number of hydrogen-bond donors (Lipinski definition) is 1. The van der Waals surface area contributed by atoms with Crippen molar-refractivity contribution in [3.8, 4) is 0 Å². The minimum atomic E-state index is 0.720. The molecule has 14 heavy (non-hydrogen) atoms. The molecule has 3 heteroatoms. The molecule has 0 aromatic carbocycles. The molecular weight excluding hydrogens is 192 g/mol. The molecule has 0 radical (unpaired) electrons. The third-order valence-corrected chi connectivity index (χ3v) is 3.50. The molecule has 1 rings (SSSR count). The van der Waals surface area contributed by atoms with Crippen LogP contribution in [0.1, 0.15) is 12.8 Å². The van der Waals surface area contributed by atoms with Gasteiger partial charge in [-0.1, -0.05) is 6.08 Å². The summed E-state index contributed by atoms with van der Waals surface area (Å²) in [6.07, 6.45) is 4.66. The molecule has 1 N–H and O–H groups in total. The minimum absolute atomic E-state index is 0.720. The van der Waals surface area contributed by atoms with Crippen molar-refractivity contribution in [1.82, 2.24) is 10.2 Å². The van der Waals surface area contributed by atoms with Crippen LogP contribution < -0.4 is 5.32 Å². The van der Waals surface area contributed by atoms with Gasteiger partial charge < -0.3 is 10.2 Å². The van der Waals surface area contributed by atoms with Gasteiger partial charge in [0.15, 0.2) is 0 Å². The Bertz CT molecular complexity index is 161. The average Bonchev–Trinajstić information content (AvgIpc) is 2.18. The Morgan fingerprint density at radius 3 is 3.21 bits per heavy atom. The van der Waals surface area contributed by atoms with Gasteiger partial charge in [-0.3, -0.25) is 0 Å². The van der Waals surface area contributed by atoms with Gasteiger partial charge in [0.25, 0.3) is 0 Å². The maximum atomic E-state index is 3.71. The molecule has 1 saturated heterocycles. The van der Waals surface area contributed by atoms with Crippen molar-refractivity contribution in [1.29, 1.82) is 0 Å². The first-order valence-electron chi connectivity index (χ1n) is 5.43. The second kappa shape index (κ2) is 7.32. The summed E-state index contributed by atoms with van der Waals surface area (Å²) >= 11 is 1.95. The van der Waals surface area contributed by atoms with Crippen LogP contribution in [0.25, 0.3) is 0 Å². The standard InChI is InChI=1S/C11H22N2S/c1-3-8-14-9-6-12-11-5-4-7-13(2)10-11/h3,11-12H,1,4-10H2,2H3. The summed E-state index contributed by atoms with van der Waals surface area (Å²) in [7, 11) is 2.21. The summed E-state index contributed by atoms with van der Waals surface area (Å²) in [5.74, 6) is 2.28. The van der Waals surface area contributed by atoms with Crippen LogP contribution in [0.3, 0.4) is 0 Å². The van der Waals surface area contributed by atoms with E-state index in [0.29, 0.717) is 0 Å². The topological polar surface area (TPSA) is 15.3 Å². The summed E-state index contributed by atoms with van der Waals surface area (Å²) < 4.78 is 0. The van der Waals surface area contributed by atoms with Gasteiger partial charge in [-0.15, -0.1) is 6.58 Å². The Balaban J connectivity index is 1.97. The predicted molar refractivity (Wildman–Crippen MR) is 66.0 cm³/mol. The Labute approximate surface area is 92.1 Å². The van der Waals surface area contributed by atoms with Crippen LogP contribution in [0.2, 0.25) is 0 Å². The number of thioether (sulfide) groups is 1. The van der Waals surface area contributed by atoms with Gasteiger partial charge in [0.05, 0.1) is 0 Å². The summed E-state index contributed by atoms with van der Waals surface area (Å²) in [6, 6.07) is 0.720. The van der Waals surface area contributed by atoms with Gasteiger partial charge in [0, 0.05) is 30.6 Å². The Kier molecular flexibility index (Phi) is 6.32. The number of piperidine rings is 1. The predicted octanol–water partition coefficient (Wildman–Crippen LogP) is 1.59. The fourth-order valence-electron chi connectivity index (χ4n) is 1.83. The van der Waals surface area contributed by atoms with Crippen molar-refractivity contribution in [2.75, 3.05) is 38.2 Å². The van der Waals surface area contributed by atoms with E-state index < -0.39 is 0 Å². The van der Waals surface area contributed by atoms with Crippen molar-refractivity contribution in [2.45, 2.75) is 18.9 Å². The van der Waals surface area contributed by atoms with E-state index in [4.69, 9.17) is 0 Å². The average molecular weight is 214 g/mol. The molecule has 1 aliphatic heterocycles. The molecule has 0 aliphatic carbocycles. The molecule has 0 amide bonds. The van der Waals surface area contributed by atoms with Crippen LogP contribution in [0, 0.1) is 0 Å². The molecule has 0 aromatic rings. The van der Waals surface area contributed by atoms with Crippen LogP contribution in [-0.4, -0.2) is 49.1 Å². The lowest BCUT2D eigenvalue weighted by atomic mass is 10.1. The van der Waals surface area contributed by atoms with E-state index in [1.165, 1.54) is 31.7 Å². The maximum absolute atomic E-state index is 3.71. The van der Waals surface area contributed by atoms with Crippen molar-refractivity contribution in [2.24, 2.45) is 0 Å². The number of nitrogens with one attached hydrogen (secondary N) is 1. The van der Waals surface area contributed by atoms with Crippen LogP contribution >= 0.6 is 11.8 Å². The molecule has 0 spiro atoms. The van der Waals surface area contributed by atoms with Crippen LogP contribution in [0.5, 0.6) is 0 Å². The zero-order chi connectivity index (χ0) is 10.2. The van der Waals surface area contributed by atoms with E-state index in [9.17, 15) is 0 Å². The van der Waals surface area contributed by atoms with Crippen LogP contribution in [0.15, 0.2) is 12.7 Å². The molecule has 2 nitrogen and oxygen atoms in total. The number of hydrogen-bond acceptors (Lipinski definition) is 3. The Morgan fingerprint density at radius 2 is 2.50 bits per heavy atom. The van der Waals surface area contributed by atoms with Gasteiger partial charge in [-0.2, -0.15) is 11.8 Å². The van der Waals surface area contributed by atoms with Gasteiger partial charge in [-0.05, 0) is 26.4 Å². The van der Waals surface area contributed by atoms with Crippen molar-refractivity contribution < 1.29 is 0 Å². The smallest absolute Gasteiger partial charge is 0.0195 e. The molecule has 1 aliphatic rings. The SMILES string of the molecule is C=CCSCCNC1CCCN(C)C1. The maximum Gasteiger partial charge on any atom is 0.0195 e. The normalized spacial score (nSPS) is 23.6.